The van der Waals surface area contributed by atoms with Crippen LogP contribution in [0.15, 0.2) is 42.5 Å². The van der Waals surface area contributed by atoms with E-state index in [0.29, 0.717) is 10.0 Å². The Morgan fingerprint density at radius 2 is 1.75 bits per heavy atom. The van der Waals surface area contributed by atoms with Gasteiger partial charge in [-0.15, -0.1) is 0 Å². The molecule has 0 aromatic heterocycles. The van der Waals surface area contributed by atoms with E-state index in [1.54, 1.807) is 13.2 Å². The quantitative estimate of drug-likeness (QED) is 0.864. The zero-order valence-electron chi connectivity index (χ0n) is 11.5. The average Bonchev–Trinajstić information content (AvgIpc) is 2.43. The Hall–Kier alpha value is -1.22. The SMILES string of the molecule is CCNC(c1cc(Cl)cc(Cl)c1)c1ccccc1OC. The summed E-state index contributed by atoms with van der Waals surface area (Å²) in [4.78, 5) is 0. The van der Waals surface area contributed by atoms with Crippen molar-refractivity contribution in [2.45, 2.75) is 13.0 Å². The number of halogens is 2. The van der Waals surface area contributed by atoms with Crippen LogP contribution in [0.1, 0.15) is 24.1 Å². The Morgan fingerprint density at radius 3 is 2.35 bits per heavy atom. The Labute approximate surface area is 129 Å². The lowest BCUT2D eigenvalue weighted by Crippen LogP contribution is -2.22. The van der Waals surface area contributed by atoms with Crippen LogP contribution in [0.2, 0.25) is 10.0 Å². The average molecular weight is 310 g/mol. The summed E-state index contributed by atoms with van der Waals surface area (Å²) in [6.07, 6.45) is 0. The van der Waals surface area contributed by atoms with Crippen LogP contribution in [0.5, 0.6) is 5.75 Å². The van der Waals surface area contributed by atoms with Crippen molar-refractivity contribution in [3.8, 4) is 5.75 Å². The number of para-hydroxylation sites is 1. The molecule has 106 valence electrons. The minimum absolute atomic E-state index is 0.00708. The first-order chi connectivity index (χ1) is 9.65. The highest BCUT2D eigenvalue weighted by Crippen LogP contribution is 2.32. The second-order valence-electron chi connectivity index (χ2n) is 4.44. The third-order valence-corrected chi connectivity index (χ3v) is 3.51. The van der Waals surface area contributed by atoms with Gasteiger partial charge in [0.25, 0.3) is 0 Å². The summed E-state index contributed by atoms with van der Waals surface area (Å²) in [5.41, 5.74) is 2.09. The minimum Gasteiger partial charge on any atom is -0.496 e. The zero-order chi connectivity index (χ0) is 14.5. The maximum atomic E-state index is 6.11. The van der Waals surface area contributed by atoms with Crippen molar-refractivity contribution < 1.29 is 4.74 Å². The standard InChI is InChI=1S/C16H17Cl2NO/c1-3-19-16(11-8-12(17)10-13(18)9-11)14-6-4-5-7-15(14)20-2/h4-10,16,19H,3H2,1-2H3. The number of ether oxygens (including phenoxy) is 1. The summed E-state index contributed by atoms with van der Waals surface area (Å²) in [6.45, 7) is 2.89. The lowest BCUT2D eigenvalue weighted by molar-refractivity contribution is 0.404. The second-order valence-corrected chi connectivity index (χ2v) is 5.31. The number of rotatable bonds is 5. The van der Waals surface area contributed by atoms with Crippen LogP contribution in [0.3, 0.4) is 0 Å². The lowest BCUT2D eigenvalue weighted by Gasteiger charge is -2.21. The highest BCUT2D eigenvalue weighted by Gasteiger charge is 2.17. The Balaban J connectivity index is 2.50. The van der Waals surface area contributed by atoms with Gasteiger partial charge in [0.05, 0.1) is 13.2 Å². The molecule has 0 aliphatic rings. The van der Waals surface area contributed by atoms with Crippen molar-refractivity contribution in [1.82, 2.24) is 5.32 Å². The molecular weight excluding hydrogens is 293 g/mol. The van der Waals surface area contributed by atoms with Crippen LogP contribution in [0.4, 0.5) is 0 Å². The second kappa shape index (κ2) is 6.98. The largest absolute Gasteiger partial charge is 0.496 e. The van der Waals surface area contributed by atoms with Gasteiger partial charge in [-0.05, 0) is 36.4 Å². The van der Waals surface area contributed by atoms with Crippen molar-refractivity contribution in [2.24, 2.45) is 0 Å². The lowest BCUT2D eigenvalue weighted by atomic mass is 9.97. The number of hydrogen-bond acceptors (Lipinski definition) is 2. The van der Waals surface area contributed by atoms with E-state index in [9.17, 15) is 0 Å². The molecular formula is C16H17Cl2NO. The van der Waals surface area contributed by atoms with Crippen LogP contribution in [0.25, 0.3) is 0 Å². The molecule has 1 atom stereocenters. The Morgan fingerprint density at radius 1 is 1.10 bits per heavy atom. The summed E-state index contributed by atoms with van der Waals surface area (Å²) in [6, 6.07) is 13.5. The van der Waals surface area contributed by atoms with E-state index in [1.807, 2.05) is 36.4 Å². The molecule has 2 aromatic carbocycles. The molecule has 0 fully saturated rings. The van der Waals surface area contributed by atoms with Gasteiger partial charge < -0.3 is 10.1 Å². The smallest absolute Gasteiger partial charge is 0.123 e. The summed E-state index contributed by atoms with van der Waals surface area (Å²) in [5, 5.41) is 4.71. The number of benzene rings is 2. The molecule has 20 heavy (non-hydrogen) atoms. The minimum atomic E-state index is -0.00708. The number of methoxy groups -OCH3 is 1. The fourth-order valence-electron chi connectivity index (χ4n) is 2.26. The molecule has 0 saturated heterocycles. The van der Waals surface area contributed by atoms with Gasteiger partial charge in [0.15, 0.2) is 0 Å². The van der Waals surface area contributed by atoms with Crippen molar-refractivity contribution in [3.63, 3.8) is 0 Å². The predicted molar refractivity (Wildman–Crippen MR) is 85.0 cm³/mol. The van der Waals surface area contributed by atoms with E-state index in [4.69, 9.17) is 27.9 Å². The fourth-order valence-corrected chi connectivity index (χ4v) is 2.80. The highest BCUT2D eigenvalue weighted by molar-refractivity contribution is 6.34. The molecule has 4 heteroatoms. The van der Waals surface area contributed by atoms with Gasteiger partial charge >= 0.3 is 0 Å². The Kier molecular flexibility index (Phi) is 5.30. The highest BCUT2D eigenvalue weighted by atomic mass is 35.5. The normalized spacial score (nSPS) is 12.2. The van der Waals surface area contributed by atoms with Gasteiger partial charge in [-0.2, -0.15) is 0 Å². The van der Waals surface area contributed by atoms with Gasteiger partial charge in [0, 0.05) is 15.6 Å². The maximum Gasteiger partial charge on any atom is 0.123 e. The first kappa shape index (κ1) is 15.2. The molecule has 0 aliphatic carbocycles. The van der Waals surface area contributed by atoms with Gasteiger partial charge in [0.2, 0.25) is 0 Å². The zero-order valence-corrected chi connectivity index (χ0v) is 13.0. The van der Waals surface area contributed by atoms with Crippen molar-refractivity contribution in [2.75, 3.05) is 13.7 Å². The van der Waals surface area contributed by atoms with Crippen molar-refractivity contribution in [3.05, 3.63) is 63.6 Å². The third kappa shape index (κ3) is 3.45. The number of hydrogen-bond donors (Lipinski definition) is 1. The van der Waals surface area contributed by atoms with Crippen LogP contribution < -0.4 is 10.1 Å². The molecule has 1 N–H and O–H groups in total. The topological polar surface area (TPSA) is 21.3 Å². The van der Waals surface area contributed by atoms with Gasteiger partial charge in [-0.25, -0.2) is 0 Å². The fraction of sp³-hybridized carbons (Fsp3) is 0.250. The van der Waals surface area contributed by atoms with Crippen LogP contribution in [-0.2, 0) is 0 Å². The molecule has 2 nitrogen and oxygen atoms in total. The summed E-state index contributed by atoms with van der Waals surface area (Å²) in [5.74, 6) is 0.842. The van der Waals surface area contributed by atoms with Crippen LogP contribution >= 0.6 is 23.2 Å². The molecule has 2 aromatic rings. The molecule has 2 rings (SSSR count). The summed E-state index contributed by atoms with van der Waals surface area (Å²) < 4.78 is 5.45. The van der Waals surface area contributed by atoms with E-state index in [0.717, 1.165) is 23.4 Å². The van der Waals surface area contributed by atoms with E-state index in [-0.39, 0.29) is 6.04 Å². The predicted octanol–water partition coefficient (Wildman–Crippen LogP) is 4.70. The first-order valence-electron chi connectivity index (χ1n) is 6.48. The van der Waals surface area contributed by atoms with Crippen molar-refractivity contribution >= 4 is 23.2 Å². The molecule has 0 saturated carbocycles. The monoisotopic (exact) mass is 309 g/mol. The molecule has 0 heterocycles. The number of nitrogens with one attached hydrogen (secondary N) is 1. The molecule has 0 amide bonds. The van der Waals surface area contributed by atoms with Crippen molar-refractivity contribution in [1.29, 1.82) is 0 Å². The maximum absolute atomic E-state index is 6.11. The molecule has 0 aliphatic heterocycles. The van der Waals surface area contributed by atoms with E-state index in [1.165, 1.54) is 0 Å². The van der Waals surface area contributed by atoms with Crippen LogP contribution in [0, 0.1) is 0 Å². The first-order valence-corrected chi connectivity index (χ1v) is 7.23. The molecule has 1 unspecified atom stereocenters. The molecule has 0 radical (unpaired) electrons. The Bertz CT molecular complexity index is 566. The third-order valence-electron chi connectivity index (χ3n) is 3.08. The van der Waals surface area contributed by atoms with E-state index < -0.39 is 0 Å². The molecule has 0 spiro atoms. The molecule has 0 bridgehead atoms. The van der Waals surface area contributed by atoms with Gasteiger partial charge in [-0.1, -0.05) is 48.3 Å². The van der Waals surface area contributed by atoms with Gasteiger partial charge in [-0.3, -0.25) is 0 Å². The summed E-state index contributed by atoms with van der Waals surface area (Å²) in [7, 11) is 1.67. The summed E-state index contributed by atoms with van der Waals surface area (Å²) >= 11 is 12.2. The van der Waals surface area contributed by atoms with E-state index >= 15 is 0 Å². The van der Waals surface area contributed by atoms with E-state index in [2.05, 4.69) is 12.2 Å². The van der Waals surface area contributed by atoms with Crippen LogP contribution in [-0.4, -0.2) is 13.7 Å². The van der Waals surface area contributed by atoms with Gasteiger partial charge in [0.1, 0.15) is 5.75 Å².